The van der Waals surface area contributed by atoms with Crippen LogP contribution in [0.3, 0.4) is 0 Å². The van der Waals surface area contributed by atoms with Crippen molar-refractivity contribution in [2.75, 3.05) is 30.8 Å². The second-order valence-electron chi connectivity index (χ2n) is 8.00. The summed E-state index contributed by atoms with van der Waals surface area (Å²) < 4.78 is 37.5. The molecular formula is C20H22F2N6O4. The number of hydrogen-bond donors (Lipinski definition) is 4. The van der Waals surface area contributed by atoms with Crippen LogP contribution in [0.1, 0.15) is 24.2 Å². The summed E-state index contributed by atoms with van der Waals surface area (Å²) in [6, 6.07) is 6.04. The van der Waals surface area contributed by atoms with Crippen molar-refractivity contribution in [3.05, 3.63) is 36.0 Å². The maximum atomic E-state index is 13.5. The molecule has 0 spiro atoms. The largest absolute Gasteiger partial charge is 0.586 e. The molecule has 3 heterocycles. The maximum absolute atomic E-state index is 13.5. The average Bonchev–Trinajstić information content (AvgIpc) is 3.31. The van der Waals surface area contributed by atoms with Crippen LogP contribution in [-0.2, 0) is 0 Å². The Bertz CT molecular complexity index is 1180. The number of rotatable bonds is 7. The quantitative estimate of drug-likeness (QED) is 0.435. The smallest absolute Gasteiger partial charge is 0.396 e. The zero-order valence-corrected chi connectivity index (χ0v) is 17.6. The summed E-state index contributed by atoms with van der Waals surface area (Å²) in [5, 5.41) is 22.3. The van der Waals surface area contributed by atoms with E-state index in [1.165, 1.54) is 28.9 Å². The number of hydrogen-bond acceptors (Lipinski definition) is 8. The van der Waals surface area contributed by atoms with E-state index < -0.39 is 17.6 Å². The van der Waals surface area contributed by atoms with Crippen molar-refractivity contribution >= 4 is 28.9 Å². The third kappa shape index (κ3) is 4.08. The van der Waals surface area contributed by atoms with Crippen molar-refractivity contribution in [3.8, 4) is 11.5 Å². The van der Waals surface area contributed by atoms with Crippen molar-refractivity contribution in [3.63, 3.8) is 0 Å². The Labute approximate surface area is 181 Å². The molecular weight excluding hydrogens is 426 g/mol. The second kappa shape index (κ2) is 7.79. The number of aromatic nitrogens is 3. The van der Waals surface area contributed by atoms with Crippen molar-refractivity contribution in [2.45, 2.75) is 20.1 Å². The zero-order chi connectivity index (χ0) is 23.1. The highest BCUT2D eigenvalue weighted by Gasteiger charge is 2.44. The highest BCUT2D eigenvalue weighted by Crippen LogP contribution is 2.46. The molecule has 0 bridgehead atoms. The number of alkyl halides is 2. The molecule has 0 atom stereocenters. The summed E-state index contributed by atoms with van der Waals surface area (Å²) in [7, 11) is 1.67. The molecule has 4 rings (SSSR count). The van der Waals surface area contributed by atoms with Gasteiger partial charge < -0.3 is 30.5 Å². The van der Waals surface area contributed by atoms with Gasteiger partial charge in [-0.2, -0.15) is 9.61 Å². The predicted octanol–water partition coefficient (Wildman–Crippen LogP) is 2.58. The number of carbonyl (C=O) groups is 1. The molecule has 32 heavy (non-hydrogen) atoms. The van der Waals surface area contributed by atoms with Crippen LogP contribution in [0.4, 0.5) is 26.1 Å². The lowest BCUT2D eigenvalue weighted by Crippen LogP contribution is -2.36. The first kappa shape index (κ1) is 21.6. The monoisotopic (exact) mass is 448 g/mol. The summed E-state index contributed by atoms with van der Waals surface area (Å²) in [4.78, 5) is 17.2. The Balaban J connectivity index is 1.67. The standard InChI is InChI=1S/C20H22F2N6O4/c1-19(2,10-29)9-24-18(30)11-8-25-28-15(23-3)7-14(27-17(11)28)26-12-5-4-6-13-16(12)32-20(21,22)31-13/h4-8,23,29H,9-10H2,1-3H3,(H,24,30)(H,26,27). The van der Waals surface area contributed by atoms with Crippen LogP contribution >= 0.6 is 0 Å². The second-order valence-corrected chi connectivity index (χ2v) is 8.00. The maximum Gasteiger partial charge on any atom is 0.586 e. The third-order valence-corrected chi connectivity index (χ3v) is 4.82. The summed E-state index contributed by atoms with van der Waals surface area (Å²) >= 11 is 0. The first-order valence-corrected chi connectivity index (χ1v) is 9.74. The molecule has 1 aliphatic rings. The summed E-state index contributed by atoms with van der Waals surface area (Å²) in [5.74, 6) is 0.0977. The number of aliphatic hydroxyl groups is 1. The van der Waals surface area contributed by atoms with E-state index in [0.717, 1.165) is 0 Å². The number of aliphatic hydroxyl groups excluding tert-OH is 1. The van der Waals surface area contributed by atoms with Crippen molar-refractivity contribution in [2.24, 2.45) is 5.41 Å². The highest BCUT2D eigenvalue weighted by molar-refractivity contribution is 6.00. The third-order valence-electron chi connectivity index (χ3n) is 4.82. The van der Waals surface area contributed by atoms with Gasteiger partial charge in [-0.05, 0) is 12.1 Å². The van der Waals surface area contributed by atoms with E-state index in [0.29, 0.717) is 5.82 Å². The van der Waals surface area contributed by atoms with E-state index in [2.05, 4.69) is 35.5 Å². The number of halogens is 2. The highest BCUT2D eigenvalue weighted by atomic mass is 19.3. The van der Waals surface area contributed by atoms with Crippen LogP contribution in [0, 0.1) is 5.41 Å². The van der Waals surface area contributed by atoms with Gasteiger partial charge in [0.1, 0.15) is 17.2 Å². The number of nitrogens with one attached hydrogen (secondary N) is 3. The molecule has 0 saturated carbocycles. The molecule has 10 nitrogen and oxygen atoms in total. The van der Waals surface area contributed by atoms with Gasteiger partial charge in [-0.15, -0.1) is 8.78 Å². The van der Waals surface area contributed by atoms with Crippen molar-refractivity contribution in [1.82, 2.24) is 19.9 Å². The number of fused-ring (bicyclic) bond motifs is 2. The first-order valence-electron chi connectivity index (χ1n) is 9.74. The van der Waals surface area contributed by atoms with Gasteiger partial charge in [0, 0.05) is 31.7 Å². The van der Waals surface area contributed by atoms with Crippen LogP contribution in [-0.4, -0.2) is 52.1 Å². The molecule has 1 amide bonds. The number of amides is 1. The van der Waals surface area contributed by atoms with Gasteiger partial charge in [-0.3, -0.25) is 4.79 Å². The van der Waals surface area contributed by atoms with E-state index in [-0.39, 0.29) is 47.4 Å². The van der Waals surface area contributed by atoms with Gasteiger partial charge in [-0.25, -0.2) is 4.98 Å². The number of para-hydroxylation sites is 1. The Morgan fingerprint density at radius 3 is 2.81 bits per heavy atom. The lowest BCUT2D eigenvalue weighted by molar-refractivity contribution is -0.286. The molecule has 0 fully saturated rings. The van der Waals surface area contributed by atoms with Crippen LogP contribution in [0.5, 0.6) is 11.5 Å². The fourth-order valence-corrected chi connectivity index (χ4v) is 3.04. The predicted molar refractivity (Wildman–Crippen MR) is 112 cm³/mol. The van der Waals surface area contributed by atoms with E-state index >= 15 is 0 Å². The van der Waals surface area contributed by atoms with Gasteiger partial charge in [0.25, 0.3) is 5.91 Å². The zero-order valence-electron chi connectivity index (χ0n) is 17.6. The molecule has 12 heteroatoms. The van der Waals surface area contributed by atoms with Gasteiger partial charge in [0.15, 0.2) is 17.1 Å². The minimum absolute atomic E-state index is 0.0928. The number of benzene rings is 1. The molecule has 0 unspecified atom stereocenters. The summed E-state index contributed by atoms with van der Waals surface area (Å²) in [6.07, 6.45) is -2.38. The van der Waals surface area contributed by atoms with E-state index in [4.69, 9.17) is 0 Å². The fraction of sp³-hybridized carbons (Fsp3) is 0.350. The minimum atomic E-state index is -3.76. The van der Waals surface area contributed by atoms with E-state index in [1.54, 1.807) is 13.1 Å². The lowest BCUT2D eigenvalue weighted by atomic mass is 9.95. The number of nitrogens with zero attached hydrogens (tertiary/aromatic N) is 3. The van der Waals surface area contributed by atoms with Gasteiger partial charge in [0.2, 0.25) is 0 Å². The Hall–Kier alpha value is -3.67. The number of carbonyl (C=O) groups excluding carboxylic acids is 1. The van der Waals surface area contributed by atoms with Crippen LogP contribution in [0.15, 0.2) is 30.5 Å². The molecule has 0 saturated heterocycles. The fourth-order valence-electron chi connectivity index (χ4n) is 3.04. The molecule has 0 radical (unpaired) electrons. The van der Waals surface area contributed by atoms with Gasteiger partial charge in [0.05, 0.1) is 11.9 Å². The lowest BCUT2D eigenvalue weighted by Gasteiger charge is -2.21. The summed E-state index contributed by atoms with van der Waals surface area (Å²) in [6.45, 7) is 3.79. The van der Waals surface area contributed by atoms with Crippen LogP contribution in [0.2, 0.25) is 0 Å². The van der Waals surface area contributed by atoms with Gasteiger partial charge >= 0.3 is 6.29 Å². The molecule has 2 aromatic heterocycles. The minimum Gasteiger partial charge on any atom is -0.396 e. The average molecular weight is 448 g/mol. The normalized spacial score (nSPS) is 14.4. The van der Waals surface area contributed by atoms with Crippen LogP contribution < -0.4 is 25.4 Å². The van der Waals surface area contributed by atoms with Gasteiger partial charge in [-0.1, -0.05) is 19.9 Å². The summed E-state index contributed by atoms with van der Waals surface area (Å²) in [5.41, 5.74) is 0.179. The van der Waals surface area contributed by atoms with E-state index in [1.807, 2.05) is 13.8 Å². The Kier molecular flexibility index (Phi) is 5.25. The molecule has 170 valence electrons. The molecule has 1 aliphatic heterocycles. The topological polar surface area (TPSA) is 122 Å². The van der Waals surface area contributed by atoms with E-state index in [9.17, 15) is 18.7 Å². The SMILES string of the molecule is CNc1cc(Nc2cccc3c2OC(F)(F)O3)nc2c(C(=O)NCC(C)(C)CO)cnn12. The van der Waals surface area contributed by atoms with Crippen molar-refractivity contribution in [1.29, 1.82) is 0 Å². The molecule has 4 N–H and O–H groups in total. The van der Waals surface area contributed by atoms with Crippen molar-refractivity contribution < 1.29 is 28.2 Å². The van der Waals surface area contributed by atoms with Crippen LogP contribution in [0.25, 0.3) is 5.65 Å². The molecule has 1 aromatic carbocycles. The number of ether oxygens (including phenoxy) is 2. The number of anilines is 3. The molecule has 0 aliphatic carbocycles. The Morgan fingerprint density at radius 2 is 2.09 bits per heavy atom. The first-order chi connectivity index (χ1) is 15.1. The molecule has 3 aromatic rings. The Morgan fingerprint density at radius 1 is 1.31 bits per heavy atom.